The number of nitrogens with one attached hydrogen (secondary N) is 2. The Balaban J connectivity index is 1.57. The topological polar surface area (TPSA) is 76.7 Å². The molecule has 0 aromatic heterocycles. The highest BCUT2D eigenvalue weighted by atomic mass is 16.6. The molecule has 1 unspecified atom stereocenters. The fraction of sp³-hybridized carbons (Fsp3) is 0.222. The monoisotopic (exact) mass is 324 g/mol. The van der Waals surface area contributed by atoms with E-state index in [-0.39, 0.29) is 18.2 Å². The van der Waals surface area contributed by atoms with Gasteiger partial charge in [-0.3, -0.25) is 9.59 Å². The maximum atomic E-state index is 12.7. The first-order valence-corrected chi connectivity index (χ1v) is 7.80. The van der Waals surface area contributed by atoms with Crippen molar-refractivity contribution in [3.8, 4) is 11.5 Å². The maximum absolute atomic E-state index is 12.7. The molecule has 0 saturated heterocycles. The van der Waals surface area contributed by atoms with Gasteiger partial charge < -0.3 is 20.1 Å². The quantitative estimate of drug-likeness (QED) is 0.890. The molecule has 2 aromatic carbocycles. The number of fused-ring (bicyclic) bond motifs is 2. The van der Waals surface area contributed by atoms with Crippen molar-refractivity contribution < 1.29 is 19.1 Å². The molecule has 2 N–H and O–H groups in total. The molecule has 0 aliphatic carbocycles. The molecule has 0 bridgehead atoms. The van der Waals surface area contributed by atoms with Gasteiger partial charge in [-0.15, -0.1) is 0 Å². The largest absolute Gasteiger partial charge is 0.486 e. The zero-order valence-electron chi connectivity index (χ0n) is 12.9. The number of rotatable bonds is 2. The van der Waals surface area contributed by atoms with Crippen molar-refractivity contribution in [3.63, 3.8) is 0 Å². The number of ether oxygens (including phenoxy) is 2. The van der Waals surface area contributed by atoms with Crippen molar-refractivity contribution in [2.45, 2.75) is 12.3 Å². The van der Waals surface area contributed by atoms with Gasteiger partial charge in [-0.25, -0.2) is 0 Å². The standard InChI is InChI=1S/C18H16N2O4/c21-17-10-13(12-3-1-2-4-14(12)20-17)18(22)19-11-5-6-15-16(9-11)24-8-7-23-15/h1-6,9,13H,7-8,10H2,(H,19,22)(H,20,21). The lowest BCUT2D eigenvalue weighted by Crippen LogP contribution is -2.30. The van der Waals surface area contributed by atoms with Crippen LogP contribution >= 0.6 is 0 Å². The number of amides is 2. The Hall–Kier alpha value is -3.02. The minimum absolute atomic E-state index is 0.132. The first kappa shape index (κ1) is 14.6. The van der Waals surface area contributed by atoms with E-state index < -0.39 is 5.92 Å². The van der Waals surface area contributed by atoms with Crippen LogP contribution in [0.5, 0.6) is 11.5 Å². The van der Waals surface area contributed by atoms with E-state index >= 15 is 0 Å². The van der Waals surface area contributed by atoms with Gasteiger partial charge in [0.2, 0.25) is 11.8 Å². The van der Waals surface area contributed by atoms with E-state index in [1.807, 2.05) is 18.2 Å². The van der Waals surface area contributed by atoms with E-state index in [1.54, 1.807) is 24.3 Å². The summed E-state index contributed by atoms with van der Waals surface area (Å²) in [5.41, 5.74) is 2.14. The van der Waals surface area contributed by atoms with Gasteiger partial charge in [0, 0.05) is 23.9 Å². The lowest BCUT2D eigenvalue weighted by Gasteiger charge is -2.25. The summed E-state index contributed by atoms with van der Waals surface area (Å²) < 4.78 is 11.0. The van der Waals surface area contributed by atoms with Crippen LogP contribution in [0.15, 0.2) is 42.5 Å². The number of carbonyl (C=O) groups excluding carboxylic acids is 2. The Morgan fingerprint density at radius 3 is 2.75 bits per heavy atom. The molecular formula is C18H16N2O4. The van der Waals surface area contributed by atoms with Gasteiger partial charge in [0.05, 0.1) is 5.92 Å². The van der Waals surface area contributed by atoms with Crippen molar-refractivity contribution in [1.82, 2.24) is 0 Å². The molecule has 2 amide bonds. The van der Waals surface area contributed by atoms with Crippen LogP contribution in [-0.4, -0.2) is 25.0 Å². The van der Waals surface area contributed by atoms with E-state index in [4.69, 9.17) is 9.47 Å². The van der Waals surface area contributed by atoms with Gasteiger partial charge in [0.1, 0.15) is 13.2 Å². The fourth-order valence-corrected chi connectivity index (χ4v) is 3.00. The molecule has 24 heavy (non-hydrogen) atoms. The summed E-state index contributed by atoms with van der Waals surface area (Å²) in [6, 6.07) is 12.6. The smallest absolute Gasteiger partial charge is 0.232 e. The average molecular weight is 324 g/mol. The van der Waals surface area contributed by atoms with Gasteiger partial charge in [-0.1, -0.05) is 18.2 Å². The maximum Gasteiger partial charge on any atom is 0.232 e. The molecule has 2 aromatic rings. The number of hydrogen-bond donors (Lipinski definition) is 2. The fourth-order valence-electron chi connectivity index (χ4n) is 3.00. The highest BCUT2D eigenvalue weighted by molar-refractivity contribution is 6.05. The Bertz CT molecular complexity index is 818. The molecule has 1 atom stereocenters. The van der Waals surface area contributed by atoms with Crippen LogP contribution in [0, 0.1) is 0 Å². The number of carbonyl (C=O) groups is 2. The highest BCUT2D eigenvalue weighted by Crippen LogP contribution is 2.35. The predicted octanol–water partition coefficient (Wildman–Crippen LogP) is 2.52. The summed E-state index contributed by atoms with van der Waals surface area (Å²) in [6.45, 7) is 1.01. The number of hydrogen-bond acceptors (Lipinski definition) is 4. The zero-order chi connectivity index (χ0) is 16.5. The van der Waals surface area contributed by atoms with Crippen LogP contribution in [0.1, 0.15) is 17.9 Å². The van der Waals surface area contributed by atoms with Gasteiger partial charge >= 0.3 is 0 Å². The number of benzene rings is 2. The van der Waals surface area contributed by atoms with Crippen LogP contribution < -0.4 is 20.1 Å². The summed E-state index contributed by atoms with van der Waals surface area (Å²) >= 11 is 0. The molecule has 0 spiro atoms. The van der Waals surface area contributed by atoms with Gasteiger partial charge in [0.15, 0.2) is 11.5 Å². The third kappa shape index (κ3) is 2.67. The van der Waals surface area contributed by atoms with Gasteiger partial charge in [-0.05, 0) is 23.8 Å². The molecule has 2 aliphatic heterocycles. The molecule has 6 heteroatoms. The van der Waals surface area contributed by atoms with Crippen LogP contribution in [0.25, 0.3) is 0 Å². The molecular weight excluding hydrogens is 308 g/mol. The summed E-state index contributed by atoms with van der Waals surface area (Å²) in [7, 11) is 0. The van der Waals surface area contributed by atoms with E-state index in [0.29, 0.717) is 36.1 Å². The van der Waals surface area contributed by atoms with Crippen molar-refractivity contribution in [1.29, 1.82) is 0 Å². The minimum atomic E-state index is -0.511. The second-order valence-corrected chi connectivity index (χ2v) is 5.74. The highest BCUT2D eigenvalue weighted by Gasteiger charge is 2.30. The molecule has 6 nitrogen and oxygen atoms in total. The Morgan fingerprint density at radius 2 is 1.88 bits per heavy atom. The molecule has 4 rings (SSSR count). The van der Waals surface area contributed by atoms with Crippen LogP contribution in [0.2, 0.25) is 0 Å². The van der Waals surface area contributed by atoms with Crippen LogP contribution in [-0.2, 0) is 9.59 Å². The second-order valence-electron chi connectivity index (χ2n) is 5.74. The van der Waals surface area contributed by atoms with E-state index in [9.17, 15) is 9.59 Å². The summed E-state index contributed by atoms with van der Waals surface area (Å²) in [4.78, 5) is 24.5. The van der Waals surface area contributed by atoms with Crippen molar-refractivity contribution in [2.24, 2.45) is 0 Å². The normalized spacial score (nSPS) is 18.3. The number of anilines is 2. The summed E-state index contributed by atoms with van der Waals surface area (Å²) in [5.74, 6) is 0.399. The minimum Gasteiger partial charge on any atom is -0.486 e. The van der Waals surface area contributed by atoms with Crippen molar-refractivity contribution >= 4 is 23.2 Å². The Kier molecular flexibility index (Phi) is 3.57. The van der Waals surface area contributed by atoms with Crippen molar-refractivity contribution in [3.05, 3.63) is 48.0 Å². The third-order valence-electron chi connectivity index (χ3n) is 4.13. The second kappa shape index (κ2) is 5.88. The van der Waals surface area contributed by atoms with Gasteiger partial charge in [-0.2, -0.15) is 0 Å². The van der Waals surface area contributed by atoms with E-state index in [2.05, 4.69) is 10.6 Å². The third-order valence-corrected chi connectivity index (χ3v) is 4.13. The van der Waals surface area contributed by atoms with E-state index in [0.717, 1.165) is 5.56 Å². The van der Waals surface area contributed by atoms with Crippen LogP contribution in [0.3, 0.4) is 0 Å². The molecule has 0 saturated carbocycles. The lowest BCUT2D eigenvalue weighted by atomic mass is 9.90. The first-order valence-electron chi connectivity index (χ1n) is 7.80. The van der Waals surface area contributed by atoms with Crippen LogP contribution in [0.4, 0.5) is 11.4 Å². The first-order chi connectivity index (χ1) is 11.7. The summed E-state index contributed by atoms with van der Waals surface area (Å²) in [6.07, 6.45) is 0.132. The Labute approximate surface area is 138 Å². The lowest BCUT2D eigenvalue weighted by molar-refractivity contribution is -0.123. The SMILES string of the molecule is O=C1CC(C(=O)Nc2ccc3c(c2)OCCO3)c2ccccc2N1. The Morgan fingerprint density at radius 1 is 1.08 bits per heavy atom. The molecule has 0 fully saturated rings. The molecule has 0 radical (unpaired) electrons. The number of para-hydroxylation sites is 1. The molecule has 2 aliphatic rings. The predicted molar refractivity (Wildman–Crippen MR) is 88.5 cm³/mol. The molecule has 122 valence electrons. The summed E-state index contributed by atoms with van der Waals surface area (Å²) in [5, 5.41) is 5.66. The molecule has 2 heterocycles. The average Bonchev–Trinajstić information content (AvgIpc) is 2.60. The van der Waals surface area contributed by atoms with Gasteiger partial charge in [0.25, 0.3) is 0 Å². The van der Waals surface area contributed by atoms with E-state index in [1.165, 1.54) is 0 Å². The zero-order valence-corrected chi connectivity index (χ0v) is 12.9. The van der Waals surface area contributed by atoms with Crippen molar-refractivity contribution in [2.75, 3.05) is 23.8 Å².